The normalized spacial score (nSPS) is 10.0. The van der Waals surface area contributed by atoms with Gasteiger partial charge in [0.1, 0.15) is 5.01 Å². The van der Waals surface area contributed by atoms with E-state index in [0.717, 1.165) is 21.1 Å². The van der Waals surface area contributed by atoms with E-state index in [4.69, 9.17) is 5.11 Å². The zero-order chi connectivity index (χ0) is 15.2. The number of aliphatic hydroxyl groups is 1. The van der Waals surface area contributed by atoms with Gasteiger partial charge in [-0.15, -0.1) is 22.7 Å². The minimum absolute atomic E-state index is 0.0536. The van der Waals surface area contributed by atoms with Gasteiger partial charge in [0, 0.05) is 17.5 Å². The lowest BCUT2D eigenvalue weighted by Gasteiger charge is -1.99. The van der Waals surface area contributed by atoms with Crippen LogP contribution in [0.25, 0.3) is 0 Å². The number of thiazole rings is 1. The Bertz CT molecular complexity index is 692. The molecule has 2 rings (SSSR count). The summed E-state index contributed by atoms with van der Waals surface area (Å²) in [4.78, 5) is 17.9. The van der Waals surface area contributed by atoms with Crippen molar-refractivity contribution in [3.05, 3.63) is 37.5 Å². The molecule has 2 aromatic rings. The molecule has 4 nitrogen and oxygen atoms in total. The highest BCUT2D eigenvalue weighted by Gasteiger charge is 2.11. The van der Waals surface area contributed by atoms with Crippen LogP contribution in [0.5, 0.6) is 0 Å². The summed E-state index contributed by atoms with van der Waals surface area (Å²) in [6.45, 7) is 4.36. The monoisotopic (exact) mass is 320 g/mol. The Kier molecular flexibility index (Phi) is 5.51. The molecule has 2 N–H and O–H groups in total. The lowest BCUT2D eigenvalue weighted by molar-refractivity contribution is 0.0955. The van der Waals surface area contributed by atoms with Gasteiger partial charge in [0.25, 0.3) is 5.91 Å². The van der Waals surface area contributed by atoms with Crippen LogP contribution in [0.4, 0.5) is 0 Å². The zero-order valence-electron chi connectivity index (χ0n) is 11.9. The molecule has 2 heterocycles. The first-order valence-corrected chi connectivity index (χ1v) is 8.19. The maximum atomic E-state index is 12.1. The lowest BCUT2D eigenvalue weighted by atomic mass is 10.2. The van der Waals surface area contributed by atoms with Crippen molar-refractivity contribution in [3.63, 3.8) is 0 Å². The van der Waals surface area contributed by atoms with E-state index in [-0.39, 0.29) is 12.5 Å². The van der Waals surface area contributed by atoms with E-state index in [1.165, 1.54) is 11.3 Å². The van der Waals surface area contributed by atoms with Crippen LogP contribution in [0.1, 0.15) is 37.2 Å². The van der Waals surface area contributed by atoms with Crippen molar-refractivity contribution in [3.8, 4) is 11.8 Å². The number of hydrogen-bond acceptors (Lipinski definition) is 5. The van der Waals surface area contributed by atoms with Crippen LogP contribution in [0.3, 0.4) is 0 Å². The van der Waals surface area contributed by atoms with Crippen molar-refractivity contribution in [2.45, 2.75) is 26.8 Å². The maximum Gasteiger partial charge on any atom is 0.261 e. The first-order chi connectivity index (χ1) is 10.1. The fraction of sp³-hybridized carbons (Fsp3) is 0.333. The van der Waals surface area contributed by atoms with Crippen LogP contribution in [0, 0.1) is 25.7 Å². The predicted molar refractivity (Wildman–Crippen MR) is 85.7 cm³/mol. The van der Waals surface area contributed by atoms with Gasteiger partial charge in [-0.05, 0) is 25.5 Å². The first-order valence-electron chi connectivity index (χ1n) is 6.49. The minimum atomic E-state index is -0.105. The second-order valence-corrected chi connectivity index (χ2v) is 6.46. The Morgan fingerprint density at radius 3 is 2.95 bits per heavy atom. The number of aliphatic hydroxyl groups excluding tert-OH is 1. The highest BCUT2D eigenvalue weighted by atomic mass is 32.1. The van der Waals surface area contributed by atoms with Crippen molar-refractivity contribution in [2.24, 2.45) is 0 Å². The van der Waals surface area contributed by atoms with Crippen LogP contribution in [-0.4, -0.2) is 22.6 Å². The van der Waals surface area contributed by atoms with Gasteiger partial charge in [-0.2, -0.15) is 0 Å². The van der Waals surface area contributed by atoms with Gasteiger partial charge in [0.05, 0.1) is 22.9 Å². The molecule has 0 unspecified atom stereocenters. The lowest BCUT2D eigenvalue weighted by Crippen LogP contribution is -2.21. The number of amides is 1. The second-order valence-electron chi connectivity index (χ2n) is 4.46. The van der Waals surface area contributed by atoms with Crippen LogP contribution in [0.2, 0.25) is 0 Å². The average Bonchev–Trinajstić information content (AvgIpc) is 3.03. The van der Waals surface area contributed by atoms with Gasteiger partial charge in [0.2, 0.25) is 0 Å². The number of nitrogens with one attached hydrogen (secondary N) is 1. The number of thiophene rings is 1. The van der Waals surface area contributed by atoms with Crippen molar-refractivity contribution in [2.75, 3.05) is 6.61 Å². The molecule has 0 saturated carbocycles. The molecule has 0 aliphatic carbocycles. The van der Waals surface area contributed by atoms with E-state index in [2.05, 4.69) is 22.1 Å². The first kappa shape index (κ1) is 15.7. The van der Waals surface area contributed by atoms with E-state index >= 15 is 0 Å². The summed E-state index contributed by atoms with van der Waals surface area (Å²) in [5, 5.41) is 14.5. The second kappa shape index (κ2) is 7.36. The fourth-order valence-corrected chi connectivity index (χ4v) is 3.32. The van der Waals surface area contributed by atoms with E-state index in [9.17, 15) is 4.79 Å². The van der Waals surface area contributed by atoms with E-state index < -0.39 is 0 Å². The molecular weight excluding hydrogens is 304 g/mol. The Morgan fingerprint density at radius 2 is 2.29 bits per heavy atom. The van der Waals surface area contributed by atoms with Crippen molar-refractivity contribution >= 4 is 28.6 Å². The van der Waals surface area contributed by atoms with E-state index in [1.807, 2.05) is 25.3 Å². The highest BCUT2D eigenvalue weighted by Crippen LogP contribution is 2.21. The Balaban J connectivity index is 2.00. The Morgan fingerprint density at radius 1 is 1.48 bits per heavy atom. The van der Waals surface area contributed by atoms with Gasteiger partial charge < -0.3 is 10.4 Å². The number of aromatic nitrogens is 1. The molecule has 0 saturated heterocycles. The summed E-state index contributed by atoms with van der Waals surface area (Å²) < 4.78 is 0. The number of carbonyl (C=O) groups is 1. The minimum Gasteiger partial charge on any atom is -0.395 e. The van der Waals surface area contributed by atoms with Gasteiger partial charge in [-0.25, -0.2) is 4.98 Å². The molecule has 0 fully saturated rings. The molecule has 0 aliphatic heterocycles. The quantitative estimate of drug-likeness (QED) is 0.851. The molecule has 0 spiro atoms. The SMILES string of the molecule is Cc1csc(CNC(=O)c2cc(C)c(C#CCCO)s2)n1. The number of hydrogen-bond donors (Lipinski definition) is 2. The number of rotatable bonds is 4. The zero-order valence-corrected chi connectivity index (χ0v) is 13.5. The molecule has 110 valence electrons. The standard InChI is InChI=1S/C15H16N2O2S2/c1-10-7-13(21-12(10)5-3-4-6-18)15(19)16-8-14-17-11(2)9-20-14/h7,9,18H,4,6,8H2,1-2H3,(H,16,19). The number of nitrogens with zero attached hydrogens (tertiary/aromatic N) is 1. The van der Waals surface area contributed by atoms with Gasteiger partial charge in [0.15, 0.2) is 0 Å². The topological polar surface area (TPSA) is 62.2 Å². The van der Waals surface area contributed by atoms with Crippen molar-refractivity contribution in [1.82, 2.24) is 10.3 Å². The molecule has 2 aromatic heterocycles. The van der Waals surface area contributed by atoms with Gasteiger partial charge >= 0.3 is 0 Å². The summed E-state index contributed by atoms with van der Waals surface area (Å²) in [5.74, 6) is 5.75. The largest absolute Gasteiger partial charge is 0.395 e. The van der Waals surface area contributed by atoms with Gasteiger partial charge in [-0.1, -0.05) is 11.8 Å². The molecule has 21 heavy (non-hydrogen) atoms. The van der Waals surface area contributed by atoms with Crippen molar-refractivity contribution < 1.29 is 9.90 Å². The summed E-state index contributed by atoms with van der Waals surface area (Å²) in [5.41, 5.74) is 1.96. The van der Waals surface area contributed by atoms with E-state index in [0.29, 0.717) is 17.8 Å². The maximum absolute atomic E-state index is 12.1. The summed E-state index contributed by atoms with van der Waals surface area (Å²) in [6, 6.07) is 1.84. The highest BCUT2D eigenvalue weighted by molar-refractivity contribution is 7.14. The third kappa shape index (κ3) is 4.39. The third-order valence-electron chi connectivity index (χ3n) is 2.65. The van der Waals surface area contributed by atoms with Gasteiger partial charge in [-0.3, -0.25) is 4.79 Å². The number of aryl methyl sites for hydroxylation is 2. The fourth-order valence-electron chi connectivity index (χ4n) is 1.64. The van der Waals surface area contributed by atoms with Crippen molar-refractivity contribution in [1.29, 1.82) is 0 Å². The molecule has 1 amide bonds. The molecule has 0 aromatic carbocycles. The third-order valence-corrected chi connectivity index (χ3v) is 4.77. The Hall–Kier alpha value is -1.68. The summed E-state index contributed by atoms with van der Waals surface area (Å²) in [7, 11) is 0. The van der Waals surface area contributed by atoms with Crippen LogP contribution >= 0.6 is 22.7 Å². The smallest absolute Gasteiger partial charge is 0.261 e. The molecular formula is C15H16N2O2S2. The van der Waals surface area contributed by atoms with Crippen LogP contribution in [-0.2, 0) is 6.54 Å². The Labute approximate surface area is 131 Å². The predicted octanol–water partition coefficient (Wildman–Crippen LogP) is 2.49. The summed E-state index contributed by atoms with van der Waals surface area (Å²) >= 11 is 2.91. The summed E-state index contributed by atoms with van der Waals surface area (Å²) in [6.07, 6.45) is 0.447. The molecule has 0 bridgehead atoms. The average molecular weight is 320 g/mol. The number of carbonyl (C=O) groups excluding carboxylic acids is 1. The van der Waals surface area contributed by atoms with E-state index in [1.54, 1.807) is 11.3 Å². The van der Waals surface area contributed by atoms with Crippen LogP contribution in [0.15, 0.2) is 11.4 Å². The molecule has 0 aliphatic rings. The van der Waals surface area contributed by atoms with Crippen LogP contribution < -0.4 is 5.32 Å². The molecule has 6 heteroatoms. The molecule has 0 radical (unpaired) electrons. The molecule has 0 atom stereocenters.